The van der Waals surface area contributed by atoms with Crippen LogP contribution in [0.2, 0.25) is 0 Å². The number of fused-ring (bicyclic) bond motifs is 1. The van der Waals surface area contributed by atoms with Gasteiger partial charge >= 0.3 is 11.9 Å². The molecule has 6 heteroatoms. The van der Waals surface area contributed by atoms with E-state index in [-0.39, 0.29) is 19.1 Å². The summed E-state index contributed by atoms with van der Waals surface area (Å²) in [4.78, 5) is 23.9. The average molecular weight is 296 g/mol. The van der Waals surface area contributed by atoms with Crippen molar-refractivity contribution in [1.29, 1.82) is 0 Å². The lowest BCUT2D eigenvalue weighted by Gasteiger charge is -2.02. The molecule has 2 aromatic rings. The summed E-state index contributed by atoms with van der Waals surface area (Å²) < 4.78 is 11.6. The zero-order chi connectivity index (χ0) is 14.5. The molecule has 2 heterocycles. The second-order valence-electron chi connectivity index (χ2n) is 3.94. The number of alkyl halides is 1. The minimum absolute atomic E-state index is 0.124. The summed E-state index contributed by atoms with van der Waals surface area (Å²) in [5, 5.41) is 0. The summed E-state index contributed by atoms with van der Waals surface area (Å²) in [6.07, 6.45) is 1.69. The molecule has 0 atom stereocenters. The maximum absolute atomic E-state index is 12.0. The van der Waals surface area contributed by atoms with Gasteiger partial charge in [0.05, 0.1) is 23.6 Å². The van der Waals surface area contributed by atoms with Crippen molar-refractivity contribution in [3.8, 4) is 0 Å². The van der Waals surface area contributed by atoms with Crippen molar-refractivity contribution in [1.82, 2.24) is 4.40 Å². The van der Waals surface area contributed by atoms with E-state index in [0.29, 0.717) is 16.8 Å². The van der Waals surface area contributed by atoms with E-state index < -0.39 is 11.9 Å². The van der Waals surface area contributed by atoms with Gasteiger partial charge in [0.25, 0.3) is 0 Å². The maximum Gasteiger partial charge on any atom is 0.355 e. The van der Waals surface area contributed by atoms with E-state index in [1.54, 1.807) is 35.7 Å². The highest BCUT2D eigenvalue weighted by Crippen LogP contribution is 2.19. The highest BCUT2D eigenvalue weighted by atomic mass is 35.5. The molecule has 106 valence electrons. The molecule has 0 N–H and O–H groups in total. The number of aromatic nitrogens is 1. The lowest BCUT2D eigenvalue weighted by atomic mass is 10.2. The Bertz CT molecular complexity index is 635. The molecule has 5 nitrogen and oxygen atoms in total. The summed E-state index contributed by atoms with van der Waals surface area (Å²) in [6.45, 7) is 2.12. The molecular formula is C14H14ClNO4. The lowest BCUT2D eigenvalue weighted by molar-refractivity contribution is 0.0518. The third-order valence-corrected chi connectivity index (χ3v) is 2.85. The number of hydrogen-bond acceptors (Lipinski definition) is 4. The highest BCUT2D eigenvalue weighted by molar-refractivity contribution is 6.18. The van der Waals surface area contributed by atoms with Crippen molar-refractivity contribution in [2.45, 2.75) is 6.92 Å². The Hall–Kier alpha value is -2.01. The van der Waals surface area contributed by atoms with Gasteiger partial charge in [-0.1, -0.05) is 6.07 Å². The molecule has 0 aliphatic rings. The van der Waals surface area contributed by atoms with E-state index in [2.05, 4.69) is 0 Å². The number of nitrogens with zero attached hydrogens (tertiary/aromatic N) is 1. The Morgan fingerprint density at radius 3 is 2.75 bits per heavy atom. The lowest BCUT2D eigenvalue weighted by Crippen LogP contribution is -2.07. The van der Waals surface area contributed by atoms with Gasteiger partial charge in [-0.2, -0.15) is 0 Å². The van der Waals surface area contributed by atoms with E-state index in [1.807, 2.05) is 0 Å². The molecule has 0 radical (unpaired) electrons. The van der Waals surface area contributed by atoms with Gasteiger partial charge in [-0.3, -0.25) is 0 Å². The fraction of sp³-hybridized carbons (Fsp3) is 0.286. The van der Waals surface area contributed by atoms with E-state index in [1.165, 1.54) is 6.07 Å². The van der Waals surface area contributed by atoms with Crippen LogP contribution in [-0.4, -0.2) is 35.4 Å². The van der Waals surface area contributed by atoms with Crippen LogP contribution in [0.3, 0.4) is 0 Å². The van der Waals surface area contributed by atoms with Gasteiger partial charge in [-0.25, -0.2) is 9.59 Å². The average Bonchev–Trinajstić information content (AvgIpc) is 2.85. The molecule has 0 aliphatic heterocycles. The molecule has 0 saturated heterocycles. The zero-order valence-electron chi connectivity index (χ0n) is 11.0. The predicted molar refractivity (Wildman–Crippen MR) is 74.4 cm³/mol. The van der Waals surface area contributed by atoms with E-state index in [4.69, 9.17) is 21.1 Å². The Kier molecular flexibility index (Phi) is 4.63. The number of hydrogen-bond donors (Lipinski definition) is 0. The fourth-order valence-electron chi connectivity index (χ4n) is 1.89. The fourth-order valence-corrected chi connectivity index (χ4v) is 1.96. The number of rotatable bonds is 5. The van der Waals surface area contributed by atoms with Gasteiger partial charge in [-0.15, -0.1) is 11.6 Å². The zero-order valence-corrected chi connectivity index (χ0v) is 11.7. The Morgan fingerprint density at radius 1 is 1.25 bits per heavy atom. The summed E-state index contributed by atoms with van der Waals surface area (Å²) in [7, 11) is 0. The van der Waals surface area contributed by atoms with Crippen LogP contribution in [0.25, 0.3) is 5.52 Å². The second-order valence-corrected chi connectivity index (χ2v) is 4.32. The molecule has 0 spiro atoms. The molecule has 0 fully saturated rings. The van der Waals surface area contributed by atoms with Gasteiger partial charge in [0.15, 0.2) is 0 Å². The quantitative estimate of drug-likeness (QED) is 0.628. The van der Waals surface area contributed by atoms with Gasteiger partial charge < -0.3 is 13.9 Å². The van der Waals surface area contributed by atoms with Crippen LogP contribution in [0.5, 0.6) is 0 Å². The molecule has 0 aromatic carbocycles. The maximum atomic E-state index is 12.0. The van der Waals surface area contributed by atoms with E-state index in [0.717, 1.165) is 0 Å². The smallest absolute Gasteiger partial charge is 0.355 e. The van der Waals surface area contributed by atoms with Crippen LogP contribution < -0.4 is 0 Å². The van der Waals surface area contributed by atoms with Crippen molar-refractivity contribution in [2.75, 3.05) is 19.1 Å². The normalized spacial score (nSPS) is 10.5. The van der Waals surface area contributed by atoms with Crippen LogP contribution in [-0.2, 0) is 9.47 Å². The molecule has 0 bridgehead atoms. The van der Waals surface area contributed by atoms with E-state index >= 15 is 0 Å². The molecule has 0 aliphatic carbocycles. The van der Waals surface area contributed by atoms with Crippen molar-refractivity contribution < 1.29 is 19.1 Å². The first-order valence-electron chi connectivity index (χ1n) is 6.19. The molecular weight excluding hydrogens is 282 g/mol. The number of ether oxygens (including phenoxy) is 2. The number of esters is 2. The largest absolute Gasteiger partial charge is 0.461 e. The Labute approximate surface area is 121 Å². The Balaban J connectivity index is 2.45. The second kappa shape index (κ2) is 6.43. The summed E-state index contributed by atoms with van der Waals surface area (Å²) in [6, 6.07) is 6.76. The van der Waals surface area contributed by atoms with Crippen LogP contribution in [0.1, 0.15) is 27.8 Å². The minimum Gasteiger partial charge on any atom is -0.461 e. The summed E-state index contributed by atoms with van der Waals surface area (Å²) in [5.41, 5.74) is 1.20. The SMILES string of the molecule is CCOC(=O)c1cc(C(=O)OCCCl)c2ccccn12. The van der Waals surface area contributed by atoms with Crippen molar-refractivity contribution in [2.24, 2.45) is 0 Å². The van der Waals surface area contributed by atoms with Crippen LogP contribution in [0, 0.1) is 0 Å². The first-order chi connectivity index (χ1) is 9.69. The number of halogens is 1. The Morgan fingerprint density at radius 2 is 2.05 bits per heavy atom. The van der Waals surface area contributed by atoms with E-state index in [9.17, 15) is 9.59 Å². The molecule has 0 saturated carbocycles. The predicted octanol–water partition coefficient (Wildman–Crippen LogP) is 2.51. The monoisotopic (exact) mass is 295 g/mol. The van der Waals surface area contributed by atoms with Crippen molar-refractivity contribution in [3.63, 3.8) is 0 Å². The third-order valence-electron chi connectivity index (χ3n) is 2.69. The van der Waals surface area contributed by atoms with Crippen molar-refractivity contribution in [3.05, 3.63) is 41.7 Å². The summed E-state index contributed by atoms with van der Waals surface area (Å²) in [5.74, 6) is -0.766. The highest BCUT2D eigenvalue weighted by Gasteiger charge is 2.20. The topological polar surface area (TPSA) is 57.0 Å². The summed E-state index contributed by atoms with van der Waals surface area (Å²) >= 11 is 5.49. The molecule has 0 amide bonds. The minimum atomic E-state index is -0.509. The molecule has 20 heavy (non-hydrogen) atoms. The van der Waals surface area contributed by atoms with Gasteiger partial charge in [0.1, 0.15) is 12.3 Å². The molecule has 0 unspecified atom stereocenters. The van der Waals surface area contributed by atoms with Crippen LogP contribution >= 0.6 is 11.6 Å². The first-order valence-corrected chi connectivity index (χ1v) is 6.72. The number of pyridine rings is 1. The van der Waals surface area contributed by atoms with Crippen molar-refractivity contribution >= 4 is 29.1 Å². The number of carbonyl (C=O) groups excluding carboxylic acids is 2. The van der Waals surface area contributed by atoms with Crippen LogP contribution in [0.15, 0.2) is 30.5 Å². The van der Waals surface area contributed by atoms with Gasteiger partial charge in [0, 0.05) is 6.20 Å². The standard InChI is InChI=1S/C14H14ClNO4/c1-2-19-14(18)12-9-10(13(17)20-8-6-15)11-5-3-4-7-16(11)12/h3-5,7,9H,2,6,8H2,1H3. The number of carbonyl (C=O) groups is 2. The first kappa shape index (κ1) is 14.4. The third kappa shape index (κ3) is 2.77. The van der Waals surface area contributed by atoms with Crippen LogP contribution in [0.4, 0.5) is 0 Å². The molecule has 2 rings (SSSR count). The molecule has 2 aromatic heterocycles. The van der Waals surface area contributed by atoms with Gasteiger partial charge in [0.2, 0.25) is 0 Å². The van der Waals surface area contributed by atoms with Gasteiger partial charge in [-0.05, 0) is 25.1 Å².